The van der Waals surface area contributed by atoms with Gasteiger partial charge in [-0.05, 0) is 18.4 Å². The van der Waals surface area contributed by atoms with Crippen molar-refractivity contribution in [1.29, 1.82) is 0 Å². The van der Waals surface area contributed by atoms with E-state index in [1.54, 1.807) is 0 Å². The van der Waals surface area contributed by atoms with Crippen molar-refractivity contribution in [2.45, 2.75) is 26.7 Å². The van der Waals surface area contributed by atoms with E-state index in [1.807, 2.05) is 32.0 Å². The molecule has 1 aliphatic rings. The Kier molecular flexibility index (Phi) is 3.80. The maximum atomic E-state index is 11.9. The molecule has 18 heavy (non-hydrogen) atoms. The normalized spacial score (nSPS) is 23.8. The van der Waals surface area contributed by atoms with Crippen LogP contribution in [-0.2, 0) is 16.0 Å². The highest BCUT2D eigenvalue weighted by molar-refractivity contribution is 6.04. The molecule has 0 spiro atoms. The number of likely N-dealkylation sites (tertiary alicyclic amines) is 1. The average Bonchev–Trinajstić information content (AvgIpc) is 2.57. The minimum absolute atomic E-state index is 0.0134. The summed E-state index contributed by atoms with van der Waals surface area (Å²) in [5.74, 6) is -0.343. The highest BCUT2D eigenvalue weighted by Crippen LogP contribution is 2.25. The molecule has 2 atom stereocenters. The molecule has 1 aliphatic heterocycles. The number of aryl methyl sites for hydroxylation is 1. The van der Waals surface area contributed by atoms with E-state index in [4.69, 9.17) is 0 Å². The number of amides is 2. The van der Waals surface area contributed by atoms with Crippen LogP contribution in [0.5, 0.6) is 0 Å². The first-order chi connectivity index (χ1) is 8.61. The molecular formula is C15H19NO2. The van der Waals surface area contributed by atoms with Crippen LogP contribution in [0.4, 0.5) is 0 Å². The van der Waals surface area contributed by atoms with Crippen molar-refractivity contribution in [3.63, 3.8) is 0 Å². The summed E-state index contributed by atoms with van der Waals surface area (Å²) in [6.45, 7) is 4.21. The molecule has 2 amide bonds. The summed E-state index contributed by atoms with van der Waals surface area (Å²) in [7, 11) is 0. The van der Waals surface area contributed by atoms with Gasteiger partial charge in [0.25, 0.3) is 0 Å². The zero-order valence-electron chi connectivity index (χ0n) is 10.9. The van der Waals surface area contributed by atoms with Crippen molar-refractivity contribution in [3.05, 3.63) is 35.9 Å². The molecule has 0 radical (unpaired) electrons. The van der Waals surface area contributed by atoms with E-state index in [0.717, 1.165) is 12.8 Å². The molecule has 0 aromatic heterocycles. The molecular weight excluding hydrogens is 226 g/mol. The van der Waals surface area contributed by atoms with E-state index in [1.165, 1.54) is 10.5 Å². The number of hydrogen-bond acceptors (Lipinski definition) is 2. The van der Waals surface area contributed by atoms with Crippen LogP contribution in [-0.4, -0.2) is 23.3 Å². The fraction of sp³-hybridized carbons (Fsp3) is 0.467. The van der Waals surface area contributed by atoms with Crippen LogP contribution >= 0.6 is 0 Å². The van der Waals surface area contributed by atoms with Crippen molar-refractivity contribution < 1.29 is 9.59 Å². The number of carbonyl (C=O) groups excluding carboxylic acids is 2. The van der Waals surface area contributed by atoms with Gasteiger partial charge in [0.1, 0.15) is 0 Å². The summed E-state index contributed by atoms with van der Waals surface area (Å²) in [6, 6.07) is 10.1. The molecule has 96 valence electrons. The van der Waals surface area contributed by atoms with E-state index < -0.39 is 0 Å². The zero-order chi connectivity index (χ0) is 13.1. The van der Waals surface area contributed by atoms with Crippen LogP contribution in [0.3, 0.4) is 0 Å². The summed E-state index contributed by atoms with van der Waals surface area (Å²) < 4.78 is 0. The van der Waals surface area contributed by atoms with Gasteiger partial charge in [0.05, 0.1) is 0 Å². The highest BCUT2D eigenvalue weighted by atomic mass is 16.2. The average molecular weight is 245 g/mol. The first-order valence-electron chi connectivity index (χ1n) is 6.50. The minimum Gasteiger partial charge on any atom is -0.282 e. The van der Waals surface area contributed by atoms with Crippen LogP contribution in [0.25, 0.3) is 0 Å². The van der Waals surface area contributed by atoms with E-state index >= 15 is 0 Å². The smallest absolute Gasteiger partial charge is 0.232 e. The second-order valence-electron chi connectivity index (χ2n) is 4.99. The van der Waals surface area contributed by atoms with Crippen molar-refractivity contribution in [3.8, 4) is 0 Å². The molecule has 2 unspecified atom stereocenters. The lowest BCUT2D eigenvalue weighted by molar-refractivity contribution is -0.139. The van der Waals surface area contributed by atoms with Gasteiger partial charge < -0.3 is 0 Å². The van der Waals surface area contributed by atoms with Gasteiger partial charge in [-0.25, -0.2) is 0 Å². The fourth-order valence-electron chi connectivity index (χ4n) is 2.33. The molecule has 1 fully saturated rings. The lowest BCUT2D eigenvalue weighted by Gasteiger charge is -2.14. The summed E-state index contributed by atoms with van der Waals surface area (Å²) in [5, 5.41) is 0. The summed E-state index contributed by atoms with van der Waals surface area (Å²) >= 11 is 0. The monoisotopic (exact) mass is 245 g/mol. The molecule has 1 saturated heterocycles. The van der Waals surface area contributed by atoms with Crippen molar-refractivity contribution >= 4 is 11.8 Å². The summed E-state index contributed by atoms with van der Waals surface area (Å²) in [4.78, 5) is 25.2. The molecule has 1 aromatic carbocycles. The number of imide groups is 1. The largest absolute Gasteiger partial charge is 0.282 e. The third-order valence-corrected chi connectivity index (χ3v) is 3.75. The van der Waals surface area contributed by atoms with Crippen LogP contribution in [0.15, 0.2) is 30.3 Å². The second kappa shape index (κ2) is 5.34. The Bertz CT molecular complexity index is 421. The second-order valence-corrected chi connectivity index (χ2v) is 4.99. The summed E-state index contributed by atoms with van der Waals surface area (Å²) in [5.41, 5.74) is 1.25. The molecule has 0 bridgehead atoms. The molecule has 3 heteroatoms. The van der Waals surface area contributed by atoms with Crippen LogP contribution in [0.1, 0.15) is 25.8 Å². The van der Waals surface area contributed by atoms with E-state index in [0.29, 0.717) is 6.54 Å². The zero-order valence-corrected chi connectivity index (χ0v) is 10.9. The lowest BCUT2D eigenvalue weighted by Crippen LogP contribution is -2.32. The van der Waals surface area contributed by atoms with E-state index in [-0.39, 0.29) is 23.7 Å². The predicted octanol–water partition coefficient (Wildman–Crippen LogP) is 2.26. The van der Waals surface area contributed by atoms with E-state index in [2.05, 4.69) is 12.1 Å². The third-order valence-electron chi connectivity index (χ3n) is 3.75. The molecule has 0 N–H and O–H groups in total. The first-order valence-corrected chi connectivity index (χ1v) is 6.50. The standard InChI is InChI=1S/C15H19NO2/c1-11-12(2)15(18)16(14(11)17)10-6-9-13-7-4-3-5-8-13/h3-5,7-8,11-12H,6,9-10H2,1-2H3. The van der Waals surface area contributed by atoms with Gasteiger partial charge in [0, 0.05) is 18.4 Å². The van der Waals surface area contributed by atoms with Gasteiger partial charge in [-0.1, -0.05) is 44.2 Å². The molecule has 2 rings (SSSR count). The maximum absolute atomic E-state index is 11.9. The van der Waals surface area contributed by atoms with Crippen LogP contribution in [0.2, 0.25) is 0 Å². The Labute approximate surface area is 108 Å². The number of rotatable bonds is 4. The Morgan fingerprint density at radius 1 is 1.00 bits per heavy atom. The van der Waals surface area contributed by atoms with Crippen molar-refractivity contribution in [1.82, 2.24) is 4.90 Å². The van der Waals surface area contributed by atoms with Gasteiger partial charge in [-0.3, -0.25) is 14.5 Å². The number of hydrogen-bond donors (Lipinski definition) is 0. The Hall–Kier alpha value is -1.64. The number of carbonyl (C=O) groups is 2. The molecule has 3 nitrogen and oxygen atoms in total. The number of benzene rings is 1. The SMILES string of the molecule is CC1C(=O)N(CCCc2ccccc2)C(=O)C1C. The topological polar surface area (TPSA) is 37.4 Å². The first kappa shape index (κ1) is 12.8. The van der Waals surface area contributed by atoms with Crippen LogP contribution < -0.4 is 0 Å². The van der Waals surface area contributed by atoms with Gasteiger partial charge in [0.2, 0.25) is 11.8 Å². The third kappa shape index (κ3) is 2.45. The molecule has 1 aromatic rings. The highest BCUT2D eigenvalue weighted by Gasteiger charge is 2.41. The van der Waals surface area contributed by atoms with Gasteiger partial charge in [0.15, 0.2) is 0 Å². The molecule has 1 heterocycles. The van der Waals surface area contributed by atoms with Gasteiger partial charge in [-0.2, -0.15) is 0 Å². The number of nitrogens with zero attached hydrogens (tertiary/aromatic N) is 1. The molecule has 0 saturated carbocycles. The van der Waals surface area contributed by atoms with E-state index in [9.17, 15) is 9.59 Å². The lowest BCUT2D eigenvalue weighted by atomic mass is 10.00. The Morgan fingerprint density at radius 3 is 2.11 bits per heavy atom. The quantitative estimate of drug-likeness (QED) is 0.763. The van der Waals surface area contributed by atoms with Gasteiger partial charge >= 0.3 is 0 Å². The minimum atomic E-state index is -0.158. The fourth-order valence-corrected chi connectivity index (χ4v) is 2.33. The van der Waals surface area contributed by atoms with Gasteiger partial charge in [-0.15, -0.1) is 0 Å². The predicted molar refractivity (Wildman–Crippen MR) is 69.8 cm³/mol. The molecule has 0 aliphatic carbocycles. The van der Waals surface area contributed by atoms with Crippen LogP contribution in [0, 0.1) is 11.8 Å². The summed E-state index contributed by atoms with van der Waals surface area (Å²) in [6.07, 6.45) is 1.74. The maximum Gasteiger partial charge on any atom is 0.232 e. The van der Waals surface area contributed by atoms with Crippen molar-refractivity contribution in [2.24, 2.45) is 11.8 Å². The Balaban J connectivity index is 1.88. The Morgan fingerprint density at radius 2 is 1.56 bits per heavy atom. The van der Waals surface area contributed by atoms with Crippen molar-refractivity contribution in [2.75, 3.05) is 6.54 Å².